The molecule has 0 atom stereocenters. The summed E-state index contributed by atoms with van der Waals surface area (Å²) in [5.74, 6) is -0.680. The number of benzene rings is 1. The number of sulfonamides is 1. The van der Waals surface area contributed by atoms with Gasteiger partial charge in [-0.05, 0) is 40.9 Å². The van der Waals surface area contributed by atoms with Crippen molar-refractivity contribution in [3.8, 4) is 0 Å². The molecule has 18 heavy (non-hydrogen) atoms. The highest BCUT2D eigenvalue weighted by Crippen LogP contribution is 2.26. The van der Waals surface area contributed by atoms with Crippen LogP contribution in [-0.2, 0) is 10.0 Å². The first-order valence-electron chi connectivity index (χ1n) is 5.23. The zero-order valence-corrected chi connectivity index (χ0v) is 11.9. The molecule has 8 heteroatoms. The van der Waals surface area contributed by atoms with Gasteiger partial charge in [0.1, 0.15) is 5.82 Å². The number of nitrogens with one attached hydrogen (secondary N) is 1. The number of anilines is 1. The molecule has 0 aliphatic heterocycles. The summed E-state index contributed by atoms with van der Waals surface area (Å²) in [5, 5.41) is 8.58. The Morgan fingerprint density at radius 2 is 2.06 bits per heavy atom. The first-order chi connectivity index (χ1) is 8.38. The van der Waals surface area contributed by atoms with E-state index in [0.29, 0.717) is 12.8 Å². The summed E-state index contributed by atoms with van der Waals surface area (Å²) in [6.45, 7) is 0.210. The van der Waals surface area contributed by atoms with Crippen molar-refractivity contribution < 1.29 is 17.9 Å². The lowest BCUT2D eigenvalue weighted by Gasteiger charge is -2.09. The van der Waals surface area contributed by atoms with Gasteiger partial charge in [-0.2, -0.15) is 0 Å². The molecule has 1 rings (SSSR count). The van der Waals surface area contributed by atoms with E-state index in [0.717, 1.165) is 12.1 Å². The SMILES string of the molecule is Nc1cc(S(=O)(=O)NCCCCO)c(Br)cc1F. The normalized spacial score (nSPS) is 11.7. The third kappa shape index (κ3) is 3.91. The number of hydrogen-bond donors (Lipinski definition) is 3. The summed E-state index contributed by atoms with van der Waals surface area (Å²) in [6, 6.07) is 2.07. The van der Waals surface area contributed by atoms with Crippen LogP contribution < -0.4 is 10.5 Å². The van der Waals surface area contributed by atoms with E-state index < -0.39 is 15.8 Å². The van der Waals surface area contributed by atoms with Crippen molar-refractivity contribution in [1.29, 1.82) is 0 Å². The number of halogens is 2. The molecular formula is C10H14BrFN2O3S. The lowest BCUT2D eigenvalue weighted by atomic mass is 10.3. The molecule has 1 aromatic carbocycles. The standard InChI is InChI=1S/C10H14BrFN2O3S/c11-7-5-8(12)9(13)6-10(7)18(16,17)14-3-1-2-4-15/h5-6,14-15H,1-4,13H2. The smallest absolute Gasteiger partial charge is 0.241 e. The first kappa shape index (κ1) is 15.4. The van der Waals surface area contributed by atoms with Crippen LogP contribution in [-0.4, -0.2) is 26.7 Å². The second kappa shape index (κ2) is 6.46. The van der Waals surface area contributed by atoms with Crippen LogP contribution in [0, 0.1) is 5.82 Å². The van der Waals surface area contributed by atoms with E-state index in [1.807, 2.05) is 0 Å². The Morgan fingerprint density at radius 3 is 2.67 bits per heavy atom. The minimum Gasteiger partial charge on any atom is -0.396 e. The topological polar surface area (TPSA) is 92.4 Å². The van der Waals surface area contributed by atoms with Gasteiger partial charge >= 0.3 is 0 Å². The van der Waals surface area contributed by atoms with Crippen molar-refractivity contribution in [1.82, 2.24) is 4.72 Å². The van der Waals surface area contributed by atoms with E-state index in [1.54, 1.807) is 0 Å². The molecule has 0 bridgehead atoms. The average Bonchev–Trinajstić information content (AvgIpc) is 2.29. The van der Waals surface area contributed by atoms with E-state index in [1.165, 1.54) is 0 Å². The number of hydrogen-bond acceptors (Lipinski definition) is 4. The lowest BCUT2D eigenvalue weighted by Crippen LogP contribution is -2.25. The van der Waals surface area contributed by atoms with Crippen LogP contribution in [0.2, 0.25) is 0 Å². The zero-order valence-electron chi connectivity index (χ0n) is 9.49. The maximum Gasteiger partial charge on any atom is 0.241 e. The maximum absolute atomic E-state index is 13.1. The summed E-state index contributed by atoms with van der Waals surface area (Å²) in [4.78, 5) is -0.106. The molecule has 0 amide bonds. The number of rotatable bonds is 6. The van der Waals surface area contributed by atoms with E-state index in [-0.39, 0.29) is 28.2 Å². The van der Waals surface area contributed by atoms with Gasteiger partial charge in [-0.3, -0.25) is 0 Å². The molecule has 0 unspecified atom stereocenters. The van der Waals surface area contributed by atoms with E-state index in [9.17, 15) is 12.8 Å². The van der Waals surface area contributed by atoms with Gasteiger partial charge in [0.2, 0.25) is 10.0 Å². The fourth-order valence-electron chi connectivity index (χ4n) is 1.27. The Morgan fingerprint density at radius 1 is 1.39 bits per heavy atom. The van der Waals surface area contributed by atoms with Crippen LogP contribution in [0.3, 0.4) is 0 Å². The molecule has 4 N–H and O–H groups in total. The van der Waals surface area contributed by atoms with Gasteiger partial charge < -0.3 is 10.8 Å². The van der Waals surface area contributed by atoms with Crippen LogP contribution >= 0.6 is 15.9 Å². The van der Waals surface area contributed by atoms with Crippen LogP contribution in [0.25, 0.3) is 0 Å². The highest BCUT2D eigenvalue weighted by atomic mass is 79.9. The molecule has 0 aromatic heterocycles. The van der Waals surface area contributed by atoms with Gasteiger partial charge in [0.15, 0.2) is 0 Å². The van der Waals surface area contributed by atoms with Crippen LogP contribution in [0.4, 0.5) is 10.1 Å². The lowest BCUT2D eigenvalue weighted by molar-refractivity contribution is 0.285. The van der Waals surface area contributed by atoms with Crippen molar-refractivity contribution >= 4 is 31.6 Å². The van der Waals surface area contributed by atoms with E-state index in [4.69, 9.17) is 10.8 Å². The third-order valence-electron chi connectivity index (χ3n) is 2.22. The minimum absolute atomic E-state index is 0.00885. The van der Waals surface area contributed by atoms with E-state index >= 15 is 0 Å². The van der Waals surface area contributed by atoms with Gasteiger partial charge in [-0.25, -0.2) is 17.5 Å². The summed E-state index contributed by atoms with van der Waals surface area (Å²) >= 11 is 2.99. The molecule has 5 nitrogen and oxygen atoms in total. The fourth-order valence-corrected chi connectivity index (χ4v) is 3.39. The number of nitrogens with two attached hydrogens (primary N) is 1. The Balaban J connectivity index is 2.88. The van der Waals surface area contributed by atoms with Crippen LogP contribution in [0.1, 0.15) is 12.8 Å². The van der Waals surface area contributed by atoms with Crippen molar-refractivity contribution in [2.45, 2.75) is 17.7 Å². The Bertz CT molecular complexity index is 522. The first-order valence-corrected chi connectivity index (χ1v) is 7.51. The molecule has 0 aliphatic carbocycles. The summed E-state index contributed by atoms with van der Waals surface area (Å²) < 4.78 is 39.4. The summed E-state index contributed by atoms with van der Waals surface area (Å²) in [5.41, 5.74) is 5.11. The minimum atomic E-state index is -3.74. The van der Waals surface area contributed by atoms with Crippen molar-refractivity contribution in [2.24, 2.45) is 0 Å². The van der Waals surface area contributed by atoms with Crippen LogP contribution in [0.5, 0.6) is 0 Å². The average molecular weight is 341 g/mol. The Kier molecular flexibility index (Phi) is 5.51. The van der Waals surface area contributed by atoms with Gasteiger partial charge in [0.05, 0.1) is 10.6 Å². The van der Waals surface area contributed by atoms with Gasteiger partial charge in [0.25, 0.3) is 0 Å². The van der Waals surface area contributed by atoms with Crippen molar-refractivity contribution in [2.75, 3.05) is 18.9 Å². The van der Waals surface area contributed by atoms with Gasteiger partial charge in [0, 0.05) is 17.6 Å². The predicted molar refractivity (Wildman–Crippen MR) is 70.0 cm³/mol. The number of unbranched alkanes of at least 4 members (excludes halogenated alkanes) is 1. The molecule has 0 saturated heterocycles. The molecule has 1 aromatic rings. The Labute approximate surface area is 113 Å². The molecule has 0 spiro atoms. The predicted octanol–water partition coefficient (Wildman–Crippen LogP) is 1.22. The molecule has 0 radical (unpaired) electrons. The third-order valence-corrected chi connectivity index (χ3v) is 4.64. The number of aliphatic hydroxyl groups is 1. The van der Waals surface area contributed by atoms with Gasteiger partial charge in [-0.15, -0.1) is 0 Å². The van der Waals surface area contributed by atoms with Crippen molar-refractivity contribution in [3.63, 3.8) is 0 Å². The summed E-state index contributed by atoms with van der Waals surface area (Å²) in [6.07, 6.45) is 1.03. The second-order valence-corrected chi connectivity index (χ2v) is 6.22. The number of nitrogen functional groups attached to an aromatic ring is 1. The van der Waals surface area contributed by atoms with Crippen molar-refractivity contribution in [3.05, 3.63) is 22.4 Å². The maximum atomic E-state index is 13.1. The molecule has 0 aliphatic rings. The quantitative estimate of drug-likeness (QED) is 0.536. The molecule has 0 heterocycles. The van der Waals surface area contributed by atoms with Crippen LogP contribution in [0.15, 0.2) is 21.5 Å². The highest BCUT2D eigenvalue weighted by Gasteiger charge is 2.19. The molecule has 0 saturated carbocycles. The largest absolute Gasteiger partial charge is 0.396 e. The Hall–Kier alpha value is -0.700. The fraction of sp³-hybridized carbons (Fsp3) is 0.400. The number of aliphatic hydroxyl groups excluding tert-OH is 1. The van der Waals surface area contributed by atoms with E-state index in [2.05, 4.69) is 20.7 Å². The monoisotopic (exact) mass is 340 g/mol. The zero-order chi connectivity index (χ0) is 13.8. The molecular weight excluding hydrogens is 327 g/mol. The molecule has 102 valence electrons. The summed E-state index contributed by atoms with van der Waals surface area (Å²) in [7, 11) is -3.74. The van der Waals surface area contributed by atoms with Gasteiger partial charge in [-0.1, -0.05) is 0 Å². The highest BCUT2D eigenvalue weighted by molar-refractivity contribution is 9.10. The molecule has 0 fully saturated rings. The second-order valence-electron chi connectivity index (χ2n) is 3.63.